The fraction of sp³-hybridized carbons (Fsp3) is 0.467. The van der Waals surface area contributed by atoms with E-state index in [9.17, 15) is 14.7 Å². The number of carbonyl (C=O) groups excluding carboxylic acids is 2. The molecule has 4 heteroatoms. The number of carboxylic acids is 1. The number of aromatic carboxylic acids is 1. The summed E-state index contributed by atoms with van der Waals surface area (Å²) in [5.41, 5.74) is 0.326. The van der Waals surface area contributed by atoms with Crippen LogP contribution >= 0.6 is 0 Å². The van der Waals surface area contributed by atoms with Crippen LogP contribution in [-0.4, -0.2) is 11.9 Å². The third-order valence-electron chi connectivity index (χ3n) is 3.05. The fourth-order valence-corrected chi connectivity index (χ4v) is 2.11. The summed E-state index contributed by atoms with van der Waals surface area (Å²) in [6.45, 7) is 4.07. The molecule has 1 aromatic carbocycles. The number of hydrogen-bond donors (Lipinski definition) is 1. The highest BCUT2D eigenvalue weighted by molar-refractivity contribution is 6.00. The van der Waals surface area contributed by atoms with Crippen LogP contribution in [0.15, 0.2) is 24.3 Å². The van der Waals surface area contributed by atoms with E-state index in [2.05, 4.69) is 5.32 Å². The van der Waals surface area contributed by atoms with E-state index in [4.69, 9.17) is 0 Å². The fourth-order valence-electron chi connectivity index (χ4n) is 2.11. The summed E-state index contributed by atoms with van der Waals surface area (Å²) in [6.07, 6.45) is 3.49. The zero-order valence-corrected chi connectivity index (χ0v) is 11.4. The highest BCUT2D eigenvalue weighted by Crippen LogP contribution is 2.19. The summed E-state index contributed by atoms with van der Waals surface area (Å²) in [4.78, 5) is 23.1. The van der Waals surface area contributed by atoms with Gasteiger partial charge in [0.25, 0.3) is 0 Å². The summed E-state index contributed by atoms with van der Waals surface area (Å²) >= 11 is 0. The van der Waals surface area contributed by atoms with Gasteiger partial charge in [-0.1, -0.05) is 44.9 Å². The van der Waals surface area contributed by atoms with E-state index in [-0.39, 0.29) is 17.4 Å². The number of benzene rings is 1. The van der Waals surface area contributed by atoms with Crippen molar-refractivity contribution >= 4 is 17.6 Å². The average molecular weight is 262 g/mol. The first-order chi connectivity index (χ1) is 9.10. The Morgan fingerprint density at radius 1 is 1.16 bits per heavy atom. The second-order valence-electron chi connectivity index (χ2n) is 4.60. The molecule has 0 aliphatic heterocycles. The highest BCUT2D eigenvalue weighted by atomic mass is 16.4. The Balaban J connectivity index is 2.83. The number of hydrogen-bond acceptors (Lipinski definition) is 3. The van der Waals surface area contributed by atoms with Gasteiger partial charge in [-0.3, -0.25) is 4.79 Å². The minimum absolute atomic E-state index is 0.0163. The Kier molecular flexibility index (Phi) is 6.06. The molecule has 4 nitrogen and oxygen atoms in total. The first kappa shape index (κ1) is 15.2. The van der Waals surface area contributed by atoms with Crippen LogP contribution in [0.5, 0.6) is 0 Å². The molecule has 0 atom stereocenters. The van der Waals surface area contributed by atoms with Gasteiger partial charge in [-0.05, 0) is 18.9 Å². The molecule has 0 fully saturated rings. The van der Waals surface area contributed by atoms with Crippen LogP contribution in [0, 0.1) is 5.92 Å². The third kappa shape index (κ3) is 4.39. The first-order valence-electron chi connectivity index (χ1n) is 6.71. The van der Waals surface area contributed by atoms with Gasteiger partial charge in [-0.15, -0.1) is 0 Å². The summed E-state index contributed by atoms with van der Waals surface area (Å²) in [6, 6.07) is 6.31. The van der Waals surface area contributed by atoms with Gasteiger partial charge in [-0.25, -0.2) is 0 Å². The standard InChI is InChI=1S/C15H21NO3/c1-3-7-11(8-4-2)14(17)16-13-10-6-5-9-12(13)15(18)19/h5-6,9-11H,3-4,7-8H2,1-2H3,(H,16,17)(H,18,19)/p-1. The minimum atomic E-state index is -1.28. The van der Waals surface area contributed by atoms with Crippen LogP contribution in [0.4, 0.5) is 5.69 Å². The van der Waals surface area contributed by atoms with Gasteiger partial charge < -0.3 is 15.2 Å². The Labute approximate surface area is 113 Å². The molecule has 0 aromatic heterocycles. The maximum absolute atomic E-state index is 12.1. The van der Waals surface area contributed by atoms with Gasteiger partial charge in [0.05, 0.1) is 5.97 Å². The predicted molar refractivity (Wildman–Crippen MR) is 72.7 cm³/mol. The highest BCUT2D eigenvalue weighted by Gasteiger charge is 2.17. The van der Waals surface area contributed by atoms with E-state index in [0.717, 1.165) is 25.7 Å². The van der Waals surface area contributed by atoms with E-state index in [1.165, 1.54) is 6.07 Å². The molecule has 104 valence electrons. The van der Waals surface area contributed by atoms with Gasteiger partial charge in [-0.2, -0.15) is 0 Å². The van der Waals surface area contributed by atoms with Crippen molar-refractivity contribution in [2.24, 2.45) is 5.92 Å². The van der Waals surface area contributed by atoms with Gasteiger partial charge in [0.2, 0.25) is 5.91 Å². The van der Waals surface area contributed by atoms with Crippen molar-refractivity contribution < 1.29 is 14.7 Å². The van der Waals surface area contributed by atoms with Crippen molar-refractivity contribution in [1.82, 2.24) is 0 Å². The average Bonchev–Trinajstić information content (AvgIpc) is 2.38. The topological polar surface area (TPSA) is 69.2 Å². The molecule has 1 aromatic rings. The van der Waals surface area contributed by atoms with Crippen molar-refractivity contribution in [3.05, 3.63) is 29.8 Å². The molecule has 0 aliphatic carbocycles. The van der Waals surface area contributed by atoms with Crippen molar-refractivity contribution in [3.8, 4) is 0 Å². The van der Waals surface area contributed by atoms with Gasteiger partial charge in [0, 0.05) is 17.2 Å². The minimum Gasteiger partial charge on any atom is -0.545 e. The predicted octanol–water partition coefficient (Wildman–Crippen LogP) is 2.21. The third-order valence-corrected chi connectivity index (χ3v) is 3.05. The summed E-state index contributed by atoms with van der Waals surface area (Å²) in [5.74, 6) is -1.46. The number of amides is 1. The number of anilines is 1. The summed E-state index contributed by atoms with van der Waals surface area (Å²) < 4.78 is 0. The zero-order chi connectivity index (χ0) is 14.3. The van der Waals surface area contributed by atoms with Crippen molar-refractivity contribution in [2.75, 3.05) is 5.32 Å². The summed E-state index contributed by atoms with van der Waals surface area (Å²) in [7, 11) is 0. The Morgan fingerprint density at radius 3 is 2.26 bits per heavy atom. The van der Waals surface area contributed by atoms with Crippen LogP contribution in [0.1, 0.15) is 49.9 Å². The summed E-state index contributed by atoms with van der Waals surface area (Å²) in [5, 5.41) is 13.7. The lowest BCUT2D eigenvalue weighted by atomic mass is 9.97. The Hall–Kier alpha value is -1.84. The molecule has 0 aliphatic rings. The molecular weight excluding hydrogens is 242 g/mol. The molecule has 1 N–H and O–H groups in total. The number of nitrogens with one attached hydrogen (secondary N) is 1. The maximum atomic E-state index is 12.1. The second kappa shape index (κ2) is 7.56. The van der Waals surface area contributed by atoms with Crippen LogP contribution in [0.3, 0.4) is 0 Å². The SMILES string of the molecule is CCCC(CCC)C(=O)Nc1ccccc1C(=O)[O-]. The molecular formula is C15H20NO3-. The molecule has 0 radical (unpaired) electrons. The van der Waals surface area contributed by atoms with Crippen molar-refractivity contribution in [3.63, 3.8) is 0 Å². The number of carbonyl (C=O) groups is 2. The van der Waals surface area contributed by atoms with E-state index in [0.29, 0.717) is 5.69 Å². The zero-order valence-electron chi connectivity index (χ0n) is 11.4. The van der Waals surface area contributed by atoms with E-state index in [1.54, 1.807) is 18.2 Å². The van der Waals surface area contributed by atoms with Crippen LogP contribution < -0.4 is 10.4 Å². The van der Waals surface area contributed by atoms with Crippen LogP contribution in [0.25, 0.3) is 0 Å². The molecule has 1 rings (SSSR count). The number of carboxylic acid groups (broad SMARTS) is 1. The Morgan fingerprint density at radius 2 is 1.74 bits per heavy atom. The molecule has 0 saturated heterocycles. The monoisotopic (exact) mass is 262 g/mol. The number of rotatable bonds is 7. The lowest BCUT2D eigenvalue weighted by Crippen LogP contribution is -2.27. The lowest BCUT2D eigenvalue weighted by Gasteiger charge is -2.17. The van der Waals surface area contributed by atoms with Gasteiger partial charge in [0.15, 0.2) is 0 Å². The van der Waals surface area contributed by atoms with E-state index in [1.807, 2.05) is 13.8 Å². The van der Waals surface area contributed by atoms with Crippen LogP contribution in [-0.2, 0) is 4.79 Å². The van der Waals surface area contributed by atoms with Crippen molar-refractivity contribution in [2.45, 2.75) is 39.5 Å². The number of para-hydroxylation sites is 1. The normalized spacial score (nSPS) is 10.5. The quantitative estimate of drug-likeness (QED) is 0.819. The first-order valence-corrected chi connectivity index (χ1v) is 6.71. The van der Waals surface area contributed by atoms with E-state index >= 15 is 0 Å². The molecule has 0 heterocycles. The Bertz CT molecular complexity index is 437. The van der Waals surface area contributed by atoms with Crippen molar-refractivity contribution in [1.29, 1.82) is 0 Å². The smallest absolute Gasteiger partial charge is 0.227 e. The largest absolute Gasteiger partial charge is 0.545 e. The lowest BCUT2D eigenvalue weighted by molar-refractivity contribution is -0.254. The second-order valence-corrected chi connectivity index (χ2v) is 4.60. The van der Waals surface area contributed by atoms with E-state index < -0.39 is 5.97 Å². The molecule has 0 bridgehead atoms. The molecule has 0 unspecified atom stereocenters. The maximum Gasteiger partial charge on any atom is 0.227 e. The van der Waals surface area contributed by atoms with Crippen LogP contribution in [0.2, 0.25) is 0 Å². The van der Waals surface area contributed by atoms with Gasteiger partial charge >= 0.3 is 0 Å². The molecule has 0 saturated carbocycles. The van der Waals surface area contributed by atoms with Gasteiger partial charge in [0.1, 0.15) is 0 Å². The molecule has 19 heavy (non-hydrogen) atoms. The molecule has 0 spiro atoms. The molecule has 1 amide bonds.